The molecule has 1 saturated carbocycles. The van der Waals surface area contributed by atoms with Gasteiger partial charge in [-0.25, -0.2) is 0 Å². The summed E-state index contributed by atoms with van der Waals surface area (Å²) in [5, 5.41) is 8.77. The minimum atomic E-state index is -3.46. The molecule has 1 N–H and O–H groups in total. The number of aliphatic carboxylic acids is 1. The van der Waals surface area contributed by atoms with Crippen LogP contribution in [0.25, 0.3) is 0 Å². The first-order valence-corrected chi connectivity index (χ1v) is 7.78. The van der Waals surface area contributed by atoms with Gasteiger partial charge in [0.05, 0.1) is 5.92 Å². The van der Waals surface area contributed by atoms with Crippen LogP contribution in [0.15, 0.2) is 0 Å². The van der Waals surface area contributed by atoms with Crippen molar-refractivity contribution >= 4 is 16.2 Å². The van der Waals surface area contributed by atoms with Crippen LogP contribution in [0.1, 0.15) is 32.1 Å². The monoisotopic (exact) mass is 276 g/mol. The highest BCUT2D eigenvalue weighted by Gasteiger charge is 2.43. The summed E-state index contributed by atoms with van der Waals surface area (Å²) in [6.45, 7) is 0.212. The predicted octanol–water partition coefficient (Wildman–Crippen LogP) is 0.512. The molecule has 2 rings (SSSR count). The third-order valence-corrected chi connectivity index (χ3v) is 5.95. The van der Waals surface area contributed by atoms with Crippen molar-refractivity contribution in [2.24, 2.45) is 5.92 Å². The largest absolute Gasteiger partial charge is 0.481 e. The Hall–Kier alpha value is -0.660. The van der Waals surface area contributed by atoms with E-state index in [1.165, 1.54) is 15.0 Å². The van der Waals surface area contributed by atoms with Crippen LogP contribution in [0.2, 0.25) is 0 Å². The lowest BCUT2D eigenvalue weighted by Gasteiger charge is -2.40. The quantitative estimate of drug-likeness (QED) is 0.811. The SMILES string of the molecule is CN(C1CCCCC1)S(=O)(=O)N1CC(C(=O)O)C1. The summed E-state index contributed by atoms with van der Waals surface area (Å²) in [5.74, 6) is -1.46. The zero-order valence-electron chi connectivity index (χ0n) is 10.6. The van der Waals surface area contributed by atoms with Crippen LogP contribution in [0.5, 0.6) is 0 Å². The maximum Gasteiger partial charge on any atom is 0.309 e. The van der Waals surface area contributed by atoms with Crippen molar-refractivity contribution < 1.29 is 18.3 Å². The van der Waals surface area contributed by atoms with Crippen molar-refractivity contribution in [2.75, 3.05) is 20.1 Å². The molecule has 1 aliphatic heterocycles. The average Bonchev–Trinajstić information content (AvgIpc) is 2.26. The van der Waals surface area contributed by atoms with Crippen molar-refractivity contribution in [3.8, 4) is 0 Å². The molecule has 0 aromatic rings. The Morgan fingerprint density at radius 3 is 2.28 bits per heavy atom. The van der Waals surface area contributed by atoms with Crippen LogP contribution in [-0.2, 0) is 15.0 Å². The molecule has 2 aliphatic rings. The second kappa shape index (κ2) is 5.14. The summed E-state index contributed by atoms with van der Waals surface area (Å²) in [5.41, 5.74) is 0. The van der Waals surface area contributed by atoms with Crippen molar-refractivity contribution in [2.45, 2.75) is 38.1 Å². The molecule has 0 amide bonds. The van der Waals surface area contributed by atoms with Gasteiger partial charge in [0.2, 0.25) is 0 Å². The maximum absolute atomic E-state index is 12.2. The topological polar surface area (TPSA) is 77.9 Å². The number of nitrogens with zero attached hydrogens (tertiary/aromatic N) is 2. The molecule has 0 radical (unpaired) electrons. The number of carbonyl (C=O) groups is 1. The molecular formula is C11H20N2O4S. The molecule has 1 aliphatic carbocycles. The molecule has 0 aromatic heterocycles. The number of hydrogen-bond acceptors (Lipinski definition) is 3. The molecule has 18 heavy (non-hydrogen) atoms. The van der Waals surface area contributed by atoms with Gasteiger partial charge in [0, 0.05) is 26.2 Å². The fraction of sp³-hybridized carbons (Fsp3) is 0.909. The van der Waals surface area contributed by atoms with E-state index in [1.54, 1.807) is 7.05 Å². The highest BCUT2D eigenvalue weighted by molar-refractivity contribution is 7.86. The van der Waals surface area contributed by atoms with Gasteiger partial charge in [-0.3, -0.25) is 4.79 Å². The number of carboxylic acids is 1. The summed E-state index contributed by atoms with van der Waals surface area (Å²) in [6.07, 6.45) is 5.14. The predicted molar refractivity (Wildman–Crippen MR) is 66.3 cm³/mol. The van der Waals surface area contributed by atoms with E-state index in [-0.39, 0.29) is 19.1 Å². The summed E-state index contributed by atoms with van der Waals surface area (Å²) in [7, 11) is -1.85. The molecule has 0 atom stereocenters. The summed E-state index contributed by atoms with van der Waals surface area (Å²) in [4.78, 5) is 10.7. The van der Waals surface area contributed by atoms with Crippen LogP contribution in [-0.4, -0.2) is 54.3 Å². The van der Waals surface area contributed by atoms with Crippen molar-refractivity contribution in [3.05, 3.63) is 0 Å². The molecule has 0 unspecified atom stereocenters. The van der Waals surface area contributed by atoms with Crippen LogP contribution in [0, 0.1) is 5.92 Å². The number of carboxylic acid groups (broad SMARTS) is 1. The van der Waals surface area contributed by atoms with Gasteiger partial charge in [0.15, 0.2) is 0 Å². The Morgan fingerprint density at radius 2 is 1.78 bits per heavy atom. The van der Waals surface area contributed by atoms with Crippen LogP contribution < -0.4 is 0 Å². The van der Waals surface area contributed by atoms with E-state index in [9.17, 15) is 13.2 Å². The van der Waals surface area contributed by atoms with Gasteiger partial charge in [-0.1, -0.05) is 19.3 Å². The van der Waals surface area contributed by atoms with Gasteiger partial charge in [0.1, 0.15) is 0 Å². The highest BCUT2D eigenvalue weighted by atomic mass is 32.2. The highest BCUT2D eigenvalue weighted by Crippen LogP contribution is 2.28. The molecule has 1 heterocycles. The molecule has 0 bridgehead atoms. The van der Waals surface area contributed by atoms with Crippen LogP contribution in [0.3, 0.4) is 0 Å². The smallest absolute Gasteiger partial charge is 0.309 e. The molecule has 104 valence electrons. The van der Waals surface area contributed by atoms with Gasteiger partial charge < -0.3 is 5.11 Å². The minimum absolute atomic E-state index is 0.0765. The molecule has 2 fully saturated rings. The first-order chi connectivity index (χ1) is 8.43. The Bertz CT molecular complexity index is 411. The summed E-state index contributed by atoms with van der Waals surface area (Å²) >= 11 is 0. The standard InChI is InChI=1S/C11H20N2O4S/c1-12(10-5-3-2-4-6-10)18(16,17)13-7-9(8-13)11(14)15/h9-10H,2-8H2,1H3,(H,14,15). The zero-order chi connectivity index (χ0) is 13.3. The minimum Gasteiger partial charge on any atom is -0.481 e. The second-order valence-corrected chi connectivity index (χ2v) is 7.16. The first kappa shape index (κ1) is 13.8. The summed E-state index contributed by atoms with van der Waals surface area (Å²) in [6, 6.07) is 0.0765. The Balaban J connectivity index is 1.96. The van der Waals surface area contributed by atoms with Gasteiger partial charge >= 0.3 is 5.97 Å². The van der Waals surface area contributed by atoms with Crippen molar-refractivity contribution in [1.82, 2.24) is 8.61 Å². The lowest BCUT2D eigenvalue weighted by Crippen LogP contribution is -2.58. The van der Waals surface area contributed by atoms with E-state index in [0.717, 1.165) is 25.7 Å². The first-order valence-electron chi connectivity index (χ1n) is 6.39. The molecule has 0 spiro atoms. The van der Waals surface area contributed by atoms with E-state index in [1.807, 2.05) is 0 Å². The maximum atomic E-state index is 12.2. The van der Waals surface area contributed by atoms with Crippen LogP contribution >= 0.6 is 0 Å². The zero-order valence-corrected chi connectivity index (χ0v) is 11.4. The van der Waals surface area contributed by atoms with E-state index in [0.29, 0.717) is 0 Å². The lowest BCUT2D eigenvalue weighted by molar-refractivity contribution is -0.145. The van der Waals surface area contributed by atoms with Gasteiger partial charge in [-0.15, -0.1) is 0 Å². The molecule has 6 nitrogen and oxygen atoms in total. The normalized spacial score (nSPS) is 24.1. The fourth-order valence-electron chi connectivity index (χ4n) is 2.60. The third kappa shape index (κ3) is 2.53. The average molecular weight is 276 g/mol. The van der Waals surface area contributed by atoms with Gasteiger partial charge in [-0.05, 0) is 12.8 Å². The fourth-order valence-corrected chi connectivity index (χ4v) is 4.29. The van der Waals surface area contributed by atoms with Crippen molar-refractivity contribution in [1.29, 1.82) is 0 Å². The molecule has 0 aromatic carbocycles. The van der Waals surface area contributed by atoms with E-state index in [2.05, 4.69) is 0 Å². The summed E-state index contributed by atoms with van der Waals surface area (Å²) < 4.78 is 27.2. The molecule has 1 saturated heterocycles. The van der Waals surface area contributed by atoms with Crippen molar-refractivity contribution in [3.63, 3.8) is 0 Å². The van der Waals surface area contributed by atoms with E-state index < -0.39 is 22.1 Å². The van der Waals surface area contributed by atoms with Gasteiger partial charge in [0.25, 0.3) is 10.2 Å². The number of rotatable bonds is 4. The third-order valence-electron chi connectivity index (χ3n) is 3.98. The second-order valence-electron chi connectivity index (χ2n) is 5.17. The molecule has 7 heteroatoms. The van der Waals surface area contributed by atoms with E-state index in [4.69, 9.17) is 5.11 Å². The lowest BCUT2D eigenvalue weighted by atomic mass is 9.96. The Labute approximate surface area is 108 Å². The number of hydrogen-bond donors (Lipinski definition) is 1. The Kier molecular flexibility index (Phi) is 3.93. The van der Waals surface area contributed by atoms with Crippen LogP contribution in [0.4, 0.5) is 0 Å². The molecular weight excluding hydrogens is 256 g/mol. The van der Waals surface area contributed by atoms with E-state index >= 15 is 0 Å². The van der Waals surface area contributed by atoms with Gasteiger partial charge in [-0.2, -0.15) is 17.0 Å². The Morgan fingerprint density at radius 1 is 1.22 bits per heavy atom.